The zero-order valence-electron chi connectivity index (χ0n) is 16.5. The third-order valence-corrected chi connectivity index (χ3v) is 6.46. The van der Waals surface area contributed by atoms with Crippen LogP contribution in [0.25, 0.3) is 0 Å². The molecule has 0 saturated heterocycles. The van der Waals surface area contributed by atoms with Gasteiger partial charge in [0.25, 0.3) is 5.91 Å². The van der Waals surface area contributed by atoms with Crippen molar-refractivity contribution in [2.24, 2.45) is 5.10 Å². The molecule has 1 heterocycles. The molecule has 31 heavy (non-hydrogen) atoms. The van der Waals surface area contributed by atoms with Crippen LogP contribution in [0.3, 0.4) is 0 Å². The van der Waals surface area contributed by atoms with Crippen LogP contribution in [0.2, 0.25) is 5.02 Å². The first-order chi connectivity index (χ1) is 14.8. The zero-order valence-corrected chi connectivity index (χ0v) is 18.0. The normalized spacial score (nSPS) is 11.9. The topological polar surface area (TPSA) is 92.0 Å². The van der Waals surface area contributed by atoms with Crippen molar-refractivity contribution in [2.75, 3.05) is 6.54 Å². The van der Waals surface area contributed by atoms with Crippen molar-refractivity contribution in [3.05, 3.63) is 88.6 Å². The maximum atomic E-state index is 14.3. The summed E-state index contributed by atoms with van der Waals surface area (Å²) in [6.07, 6.45) is 2.71. The van der Waals surface area contributed by atoms with E-state index >= 15 is 0 Å². The summed E-state index contributed by atoms with van der Waals surface area (Å²) in [6.45, 7) is 0.783. The summed E-state index contributed by atoms with van der Waals surface area (Å²) < 4.78 is 46.6. The molecule has 0 fully saturated rings. The SMILES string of the molecule is Cc1ccc(S(=O)(=O)N(CC(=O)N/N=C\c2ccco2)Cc2c(F)cccc2Cl)cc1. The second-order valence-electron chi connectivity index (χ2n) is 6.59. The van der Waals surface area contributed by atoms with Crippen LogP contribution in [0.5, 0.6) is 0 Å². The Hall–Kier alpha value is -3.01. The molecule has 0 aliphatic rings. The van der Waals surface area contributed by atoms with Gasteiger partial charge in [0.15, 0.2) is 0 Å². The smallest absolute Gasteiger partial charge is 0.255 e. The molecule has 0 aliphatic carbocycles. The number of carbonyl (C=O) groups is 1. The second kappa shape index (κ2) is 9.86. The molecule has 0 unspecified atom stereocenters. The molecule has 0 spiro atoms. The fourth-order valence-electron chi connectivity index (χ4n) is 2.67. The van der Waals surface area contributed by atoms with E-state index in [1.54, 1.807) is 24.3 Å². The first kappa shape index (κ1) is 22.7. The highest BCUT2D eigenvalue weighted by Crippen LogP contribution is 2.24. The first-order valence-electron chi connectivity index (χ1n) is 9.12. The van der Waals surface area contributed by atoms with E-state index in [1.165, 1.54) is 42.8 Å². The quantitative estimate of drug-likeness (QED) is 0.407. The van der Waals surface area contributed by atoms with Crippen LogP contribution < -0.4 is 5.43 Å². The lowest BCUT2D eigenvalue weighted by Crippen LogP contribution is -2.39. The predicted molar refractivity (Wildman–Crippen MR) is 115 cm³/mol. The molecule has 0 saturated carbocycles. The minimum Gasteiger partial charge on any atom is -0.463 e. The molecule has 0 bridgehead atoms. The maximum Gasteiger partial charge on any atom is 0.255 e. The Balaban J connectivity index is 1.86. The van der Waals surface area contributed by atoms with Crippen LogP contribution in [-0.4, -0.2) is 31.4 Å². The van der Waals surface area contributed by atoms with Gasteiger partial charge in [-0.15, -0.1) is 0 Å². The molecular formula is C21H19ClFN3O4S. The number of hydrazone groups is 1. The molecule has 1 amide bonds. The van der Waals surface area contributed by atoms with Gasteiger partial charge >= 0.3 is 0 Å². The molecule has 7 nitrogen and oxygen atoms in total. The Kier molecular flexibility index (Phi) is 7.21. The number of nitrogens with zero attached hydrogens (tertiary/aromatic N) is 2. The van der Waals surface area contributed by atoms with E-state index in [1.807, 2.05) is 6.92 Å². The van der Waals surface area contributed by atoms with Crippen LogP contribution in [-0.2, 0) is 21.4 Å². The Morgan fingerprint density at radius 1 is 1.19 bits per heavy atom. The number of halogens is 2. The summed E-state index contributed by atoms with van der Waals surface area (Å²) in [7, 11) is -4.14. The lowest BCUT2D eigenvalue weighted by Gasteiger charge is -2.22. The third kappa shape index (κ3) is 5.78. The van der Waals surface area contributed by atoms with E-state index in [2.05, 4.69) is 10.5 Å². The van der Waals surface area contributed by atoms with Crippen molar-refractivity contribution in [1.29, 1.82) is 0 Å². The van der Waals surface area contributed by atoms with Gasteiger partial charge < -0.3 is 4.42 Å². The molecule has 0 atom stereocenters. The Bertz CT molecular complexity index is 1160. The van der Waals surface area contributed by atoms with Crippen LogP contribution in [0.15, 0.2) is 75.3 Å². The molecular weight excluding hydrogens is 445 g/mol. The Labute approximate surface area is 184 Å². The molecule has 162 valence electrons. The maximum absolute atomic E-state index is 14.3. The number of hydrogen-bond donors (Lipinski definition) is 1. The Morgan fingerprint density at radius 2 is 1.94 bits per heavy atom. The number of aryl methyl sites for hydroxylation is 1. The van der Waals surface area contributed by atoms with E-state index in [-0.39, 0.29) is 15.5 Å². The number of nitrogens with one attached hydrogen (secondary N) is 1. The van der Waals surface area contributed by atoms with Gasteiger partial charge in [-0.2, -0.15) is 9.41 Å². The van der Waals surface area contributed by atoms with Crippen LogP contribution in [0, 0.1) is 12.7 Å². The van der Waals surface area contributed by atoms with E-state index in [9.17, 15) is 17.6 Å². The van der Waals surface area contributed by atoms with Crippen molar-refractivity contribution in [2.45, 2.75) is 18.4 Å². The van der Waals surface area contributed by atoms with Gasteiger partial charge in [0.2, 0.25) is 10.0 Å². The van der Waals surface area contributed by atoms with Gasteiger partial charge in [-0.3, -0.25) is 4.79 Å². The van der Waals surface area contributed by atoms with Gasteiger partial charge in [0.05, 0.1) is 23.9 Å². The molecule has 0 aliphatic heterocycles. The molecule has 3 rings (SSSR count). The van der Waals surface area contributed by atoms with Crippen molar-refractivity contribution in [3.63, 3.8) is 0 Å². The molecule has 10 heteroatoms. The average Bonchev–Trinajstić information content (AvgIpc) is 3.24. The number of amides is 1. The average molecular weight is 464 g/mol. The van der Waals surface area contributed by atoms with Crippen LogP contribution in [0.4, 0.5) is 4.39 Å². The number of sulfonamides is 1. The second-order valence-corrected chi connectivity index (χ2v) is 8.94. The summed E-state index contributed by atoms with van der Waals surface area (Å²) in [5, 5.41) is 3.79. The molecule has 1 aromatic heterocycles. The van der Waals surface area contributed by atoms with Gasteiger partial charge in [-0.25, -0.2) is 18.2 Å². The van der Waals surface area contributed by atoms with Crippen molar-refractivity contribution in [1.82, 2.24) is 9.73 Å². The van der Waals surface area contributed by atoms with Crippen molar-refractivity contribution < 1.29 is 22.0 Å². The summed E-state index contributed by atoms with van der Waals surface area (Å²) in [5.74, 6) is -0.985. The molecule has 1 N–H and O–H groups in total. The number of rotatable bonds is 8. The van der Waals surface area contributed by atoms with Gasteiger partial charge in [-0.05, 0) is 43.3 Å². The lowest BCUT2D eigenvalue weighted by atomic mass is 10.2. The molecule has 2 aromatic carbocycles. The minimum atomic E-state index is -4.14. The van der Waals surface area contributed by atoms with Gasteiger partial charge in [0, 0.05) is 17.1 Å². The Morgan fingerprint density at radius 3 is 2.58 bits per heavy atom. The largest absolute Gasteiger partial charge is 0.463 e. The third-order valence-electron chi connectivity index (χ3n) is 4.30. The van der Waals surface area contributed by atoms with E-state index in [0.29, 0.717) is 5.76 Å². The van der Waals surface area contributed by atoms with Gasteiger partial charge in [0.1, 0.15) is 11.6 Å². The zero-order chi connectivity index (χ0) is 22.4. The minimum absolute atomic E-state index is 0.0301. The predicted octanol–water partition coefficient (Wildman–Crippen LogP) is 3.72. The number of carbonyl (C=O) groups excluding carboxylic acids is 1. The highest BCUT2D eigenvalue weighted by atomic mass is 35.5. The highest BCUT2D eigenvalue weighted by molar-refractivity contribution is 7.89. The first-order valence-corrected chi connectivity index (χ1v) is 10.9. The molecule has 0 radical (unpaired) electrons. The number of furan rings is 1. The summed E-state index contributed by atoms with van der Waals surface area (Å²) >= 11 is 6.07. The molecule has 3 aromatic rings. The summed E-state index contributed by atoms with van der Waals surface area (Å²) in [6, 6.07) is 13.4. The van der Waals surface area contributed by atoms with Crippen molar-refractivity contribution in [3.8, 4) is 0 Å². The van der Waals surface area contributed by atoms with E-state index < -0.39 is 34.8 Å². The van der Waals surface area contributed by atoms with E-state index in [0.717, 1.165) is 9.87 Å². The van der Waals surface area contributed by atoms with E-state index in [4.69, 9.17) is 16.0 Å². The van der Waals surface area contributed by atoms with Crippen molar-refractivity contribution >= 4 is 33.7 Å². The highest BCUT2D eigenvalue weighted by Gasteiger charge is 2.28. The number of hydrogen-bond acceptors (Lipinski definition) is 5. The standard InChI is InChI=1S/C21H19ClFN3O4S/c1-15-7-9-17(10-8-15)31(28,29)26(13-18-19(22)5-2-6-20(18)23)14-21(27)25-24-12-16-4-3-11-30-16/h2-12H,13-14H2,1H3,(H,25,27)/b24-12-. The summed E-state index contributed by atoms with van der Waals surface area (Å²) in [5.41, 5.74) is 3.07. The van der Waals surface area contributed by atoms with Gasteiger partial charge in [-0.1, -0.05) is 35.4 Å². The fraction of sp³-hybridized carbons (Fsp3) is 0.143. The number of benzene rings is 2. The summed E-state index contributed by atoms with van der Waals surface area (Å²) in [4.78, 5) is 12.4. The lowest BCUT2D eigenvalue weighted by molar-refractivity contribution is -0.121. The monoisotopic (exact) mass is 463 g/mol. The van der Waals surface area contributed by atoms with Crippen LogP contribution in [0.1, 0.15) is 16.9 Å². The fourth-order valence-corrected chi connectivity index (χ4v) is 4.26. The van der Waals surface area contributed by atoms with Crippen LogP contribution >= 0.6 is 11.6 Å².